The molecule has 1 aliphatic carbocycles. The minimum Gasteiger partial charge on any atom is -0.333 e. The Morgan fingerprint density at radius 2 is 1.47 bits per heavy atom. The fraction of sp³-hybridized carbons (Fsp3) is 0.559. The van der Waals surface area contributed by atoms with Crippen LogP contribution in [0.1, 0.15) is 115 Å². The molecule has 4 heteroatoms. The average molecular weight is 524 g/mol. The Morgan fingerprint density at radius 1 is 0.895 bits per heavy atom. The topological polar surface area (TPSA) is 68.9 Å². The molecule has 38 heavy (non-hydrogen) atoms. The van der Waals surface area contributed by atoms with Gasteiger partial charge in [-0.15, -0.1) is 0 Å². The Kier molecular flexibility index (Phi) is 24.4. The lowest BCUT2D eigenvalue weighted by molar-refractivity contribution is -0.105. The summed E-state index contributed by atoms with van der Waals surface area (Å²) in [7, 11) is 1.50. The summed E-state index contributed by atoms with van der Waals surface area (Å²) in [6.07, 6.45) is 18.1. The van der Waals surface area contributed by atoms with Crippen molar-refractivity contribution in [3.63, 3.8) is 0 Å². The van der Waals surface area contributed by atoms with Crippen molar-refractivity contribution < 1.29 is 4.79 Å². The van der Waals surface area contributed by atoms with E-state index >= 15 is 0 Å². The summed E-state index contributed by atoms with van der Waals surface area (Å²) in [5.74, 6) is 1.80. The van der Waals surface area contributed by atoms with Crippen molar-refractivity contribution in [2.24, 2.45) is 11.7 Å². The van der Waals surface area contributed by atoms with Crippen molar-refractivity contribution in [3.8, 4) is 0 Å². The van der Waals surface area contributed by atoms with Crippen LogP contribution >= 0.6 is 0 Å². The number of nitrogens with two attached hydrogens (primary N) is 1. The molecule has 2 aromatic rings. The van der Waals surface area contributed by atoms with Crippen LogP contribution in [0.15, 0.2) is 48.3 Å². The zero-order valence-corrected chi connectivity index (χ0v) is 26.2. The van der Waals surface area contributed by atoms with Crippen molar-refractivity contribution in [2.45, 2.75) is 114 Å². The molecule has 0 atom stereocenters. The van der Waals surface area contributed by atoms with Crippen LogP contribution in [-0.4, -0.2) is 23.3 Å². The number of aryl methyl sites for hydroxylation is 4. The number of hydrogen-bond donors (Lipinski definition) is 1. The van der Waals surface area contributed by atoms with Crippen LogP contribution in [0.4, 0.5) is 0 Å². The first kappa shape index (κ1) is 37.6. The molecular formula is C34H57N3O. The normalized spacial score (nSPS) is 11.6. The van der Waals surface area contributed by atoms with Crippen LogP contribution in [0.25, 0.3) is 5.57 Å². The molecule has 1 heterocycles. The number of carbonyl (C=O) groups excluding carboxylic acids is 1. The monoisotopic (exact) mass is 523 g/mol. The van der Waals surface area contributed by atoms with Crippen molar-refractivity contribution in [1.82, 2.24) is 9.97 Å². The van der Waals surface area contributed by atoms with Crippen LogP contribution < -0.4 is 5.73 Å². The van der Waals surface area contributed by atoms with Gasteiger partial charge in [0, 0.05) is 12.4 Å². The van der Waals surface area contributed by atoms with Crippen molar-refractivity contribution in [3.05, 3.63) is 76.4 Å². The Labute approximate surface area is 235 Å². The smallest absolute Gasteiger partial charge is 0.146 e. The average Bonchev–Trinajstić information content (AvgIpc) is 2.97. The molecule has 0 amide bonds. The lowest BCUT2D eigenvalue weighted by Gasteiger charge is -2.13. The van der Waals surface area contributed by atoms with E-state index in [1.165, 1.54) is 60.6 Å². The highest BCUT2D eigenvalue weighted by molar-refractivity contribution is 5.79. The highest BCUT2D eigenvalue weighted by Crippen LogP contribution is 2.27. The summed E-state index contributed by atoms with van der Waals surface area (Å²) < 4.78 is 0. The third-order valence-electron chi connectivity index (χ3n) is 6.24. The molecule has 0 spiro atoms. The molecule has 2 N–H and O–H groups in total. The molecule has 1 aromatic carbocycles. The molecule has 3 rings (SSSR count). The summed E-state index contributed by atoms with van der Waals surface area (Å²) in [5.41, 5.74) is 12.0. The van der Waals surface area contributed by atoms with E-state index < -0.39 is 0 Å². The Hall–Kier alpha value is -2.59. The molecule has 0 bridgehead atoms. The first-order valence-electron chi connectivity index (χ1n) is 14.7. The Morgan fingerprint density at radius 3 is 1.89 bits per heavy atom. The highest BCUT2D eigenvalue weighted by Gasteiger charge is 2.08. The summed E-state index contributed by atoms with van der Waals surface area (Å²) in [6.45, 7) is 19.2. The van der Waals surface area contributed by atoms with Gasteiger partial charge in [0.2, 0.25) is 0 Å². The first-order valence-corrected chi connectivity index (χ1v) is 14.7. The molecule has 0 aliphatic heterocycles. The van der Waals surface area contributed by atoms with Crippen molar-refractivity contribution in [1.29, 1.82) is 0 Å². The second-order valence-corrected chi connectivity index (χ2v) is 9.22. The molecule has 4 nitrogen and oxygen atoms in total. The van der Waals surface area contributed by atoms with Gasteiger partial charge in [-0.25, -0.2) is 9.97 Å². The second-order valence-electron chi connectivity index (χ2n) is 9.22. The molecule has 0 saturated heterocycles. The SMILES string of the molecule is CC.CCCC(C)CCC.CCc1cc(C2=CC=C(C=O)CC2)ccc1C.CCc1cnc(C)nc1.CN. The van der Waals surface area contributed by atoms with Gasteiger partial charge >= 0.3 is 0 Å². The number of aromatic nitrogens is 2. The maximum absolute atomic E-state index is 10.7. The predicted octanol–water partition coefficient (Wildman–Crippen LogP) is 9.03. The van der Waals surface area contributed by atoms with Gasteiger partial charge < -0.3 is 5.73 Å². The van der Waals surface area contributed by atoms with E-state index in [1.807, 2.05) is 39.2 Å². The van der Waals surface area contributed by atoms with Gasteiger partial charge in [-0.2, -0.15) is 0 Å². The van der Waals surface area contributed by atoms with Crippen LogP contribution in [-0.2, 0) is 17.6 Å². The van der Waals surface area contributed by atoms with Crippen LogP contribution in [0.2, 0.25) is 0 Å². The van der Waals surface area contributed by atoms with Gasteiger partial charge in [0.1, 0.15) is 12.1 Å². The zero-order valence-electron chi connectivity index (χ0n) is 26.2. The summed E-state index contributed by atoms with van der Waals surface area (Å²) in [6, 6.07) is 6.65. The lowest BCUT2D eigenvalue weighted by atomic mass is 9.91. The van der Waals surface area contributed by atoms with Crippen molar-refractivity contribution >= 4 is 11.9 Å². The maximum Gasteiger partial charge on any atom is 0.146 e. The molecule has 1 aromatic heterocycles. The number of allylic oxidation sites excluding steroid dienone is 4. The van der Waals surface area contributed by atoms with Gasteiger partial charge in [0.05, 0.1) is 0 Å². The fourth-order valence-corrected chi connectivity index (χ4v) is 3.98. The van der Waals surface area contributed by atoms with Gasteiger partial charge in [0.25, 0.3) is 0 Å². The minimum atomic E-state index is 0.840. The van der Waals surface area contributed by atoms with Gasteiger partial charge in [-0.1, -0.05) is 105 Å². The van der Waals surface area contributed by atoms with E-state index in [9.17, 15) is 4.79 Å². The van der Waals surface area contributed by atoms with Gasteiger partial charge in [0.15, 0.2) is 0 Å². The molecule has 1 aliphatic rings. The van der Waals surface area contributed by atoms with E-state index in [0.29, 0.717) is 0 Å². The van der Waals surface area contributed by atoms with E-state index in [-0.39, 0.29) is 0 Å². The van der Waals surface area contributed by atoms with Crippen LogP contribution in [0.3, 0.4) is 0 Å². The van der Waals surface area contributed by atoms with Crippen LogP contribution in [0.5, 0.6) is 0 Å². The molecule has 0 radical (unpaired) electrons. The summed E-state index contributed by atoms with van der Waals surface area (Å²) >= 11 is 0. The zero-order chi connectivity index (χ0) is 29.3. The van der Waals surface area contributed by atoms with E-state index in [4.69, 9.17) is 0 Å². The van der Waals surface area contributed by atoms with Gasteiger partial charge in [-0.3, -0.25) is 4.79 Å². The van der Waals surface area contributed by atoms with E-state index in [2.05, 4.69) is 81.5 Å². The summed E-state index contributed by atoms with van der Waals surface area (Å²) in [5, 5.41) is 0. The number of nitrogens with zero attached hydrogens (tertiary/aromatic N) is 2. The number of carbonyl (C=O) groups is 1. The predicted molar refractivity (Wildman–Crippen MR) is 169 cm³/mol. The number of rotatable bonds is 8. The van der Waals surface area contributed by atoms with E-state index in [1.54, 1.807) is 0 Å². The molecule has 214 valence electrons. The standard InChI is InChI=1S/C16H18O.C8H18.C7H10N2.C2H6.CH5N/c1-3-14-10-16(7-4-12(14)2)15-8-5-13(11-17)6-9-15;1-4-6-8(3)7-5-2;1-3-7-4-8-6(2)9-5-7;2*1-2/h4-5,7-8,10-11H,3,6,9H2,1-2H3;8H,4-7H2,1-3H3;4-5H,3H2,1-2H3;1-2H3;2H2,1H3. The molecule has 0 saturated carbocycles. The Bertz CT molecular complexity index is 908. The maximum atomic E-state index is 10.7. The molecule has 0 fully saturated rings. The summed E-state index contributed by atoms with van der Waals surface area (Å²) in [4.78, 5) is 18.7. The molecule has 0 unspecified atom stereocenters. The Balaban J connectivity index is 0. The molecular weight excluding hydrogens is 466 g/mol. The number of benzene rings is 1. The van der Waals surface area contributed by atoms with Gasteiger partial charge in [-0.05, 0) is 85.9 Å². The third-order valence-corrected chi connectivity index (χ3v) is 6.24. The first-order chi connectivity index (χ1) is 18.4. The number of aldehydes is 1. The minimum absolute atomic E-state index is 0.840. The number of hydrogen-bond acceptors (Lipinski definition) is 4. The quantitative estimate of drug-likeness (QED) is 0.350. The lowest BCUT2D eigenvalue weighted by Crippen LogP contribution is -1.96. The fourth-order valence-electron chi connectivity index (χ4n) is 3.98. The third kappa shape index (κ3) is 16.3. The highest BCUT2D eigenvalue weighted by atomic mass is 16.1. The van der Waals surface area contributed by atoms with Crippen LogP contribution in [0, 0.1) is 19.8 Å². The van der Waals surface area contributed by atoms with E-state index in [0.717, 1.165) is 49.3 Å². The largest absolute Gasteiger partial charge is 0.333 e. The van der Waals surface area contributed by atoms with Crippen molar-refractivity contribution in [2.75, 3.05) is 7.05 Å². The second kappa shape index (κ2) is 24.7.